The molecule has 1 aliphatic rings. The molecule has 0 unspecified atom stereocenters. The molecule has 1 heterocycles. The highest BCUT2D eigenvalue weighted by Crippen LogP contribution is 2.51. The van der Waals surface area contributed by atoms with Gasteiger partial charge in [-0.15, -0.1) is 0 Å². The normalized spacial score (nSPS) is 19.3. The van der Waals surface area contributed by atoms with E-state index in [0.717, 1.165) is 11.1 Å². The van der Waals surface area contributed by atoms with E-state index in [4.69, 9.17) is 23.0 Å². The average Bonchev–Trinajstić information content (AvgIpc) is 3.04. The van der Waals surface area contributed by atoms with E-state index in [9.17, 15) is 4.57 Å². The van der Waals surface area contributed by atoms with E-state index in [2.05, 4.69) is 0 Å². The first-order valence-corrected chi connectivity index (χ1v) is 10.3. The van der Waals surface area contributed by atoms with Gasteiger partial charge in [0.05, 0.1) is 26.4 Å². The molecule has 0 amide bonds. The third-order valence-corrected chi connectivity index (χ3v) is 5.31. The fraction of sp³-hybridized carbons (Fsp3) is 0.400. The molecule has 0 aliphatic carbocycles. The number of rotatable bonds is 9. The Labute approximate surface area is 160 Å². The quantitative estimate of drug-likeness (QED) is 0.577. The first-order chi connectivity index (χ1) is 12.9. The van der Waals surface area contributed by atoms with E-state index < -0.39 is 13.6 Å². The highest BCUT2D eigenvalue weighted by molar-refractivity contribution is 7.48. The van der Waals surface area contributed by atoms with Crippen molar-refractivity contribution in [2.24, 2.45) is 0 Å². The van der Waals surface area contributed by atoms with Crippen molar-refractivity contribution in [2.45, 2.75) is 39.0 Å². The second kappa shape index (κ2) is 9.11. The maximum Gasteiger partial charge on any atom is 0.475 e. The SMILES string of the molecule is CC1(C)OC[C@H](COP(=O)(OCc2ccccc2)OCc2ccccc2)O1. The lowest BCUT2D eigenvalue weighted by Gasteiger charge is -2.21. The molecular weight excluding hydrogens is 367 g/mol. The van der Waals surface area contributed by atoms with Crippen LogP contribution in [0, 0.1) is 0 Å². The molecule has 0 saturated carbocycles. The molecule has 2 aromatic rings. The van der Waals surface area contributed by atoms with Crippen LogP contribution in [0.15, 0.2) is 60.7 Å². The summed E-state index contributed by atoms with van der Waals surface area (Å²) in [5.74, 6) is -0.673. The Morgan fingerprint density at radius 3 is 1.89 bits per heavy atom. The Hall–Kier alpha value is -1.53. The van der Waals surface area contributed by atoms with Crippen molar-refractivity contribution in [1.82, 2.24) is 0 Å². The van der Waals surface area contributed by atoms with Gasteiger partial charge in [-0.05, 0) is 25.0 Å². The minimum absolute atomic E-state index is 0.0598. The van der Waals surface area contributed by atoms with Gasteiger partial charge in [0.2, 0.25) is 0 Å². The highest BCUT2D eigenvalue weighted by atomic mass is 31.2. The minimum Gasteiger partial charge on any atom is -0.348 e. The fourth-order valence-electron chi connectivity index (χ4n) is 2.59. The summed E-state index contributed by atoms with van der Waals surface area (Å²) in [5.41, 5.74) is 1.76. The van der Waals surface area contributed by atoms with E-state index in [1.165, 1.54) is 0 Å². The zero-order valence-electron chi connectivity index (χ0n) is 15.6. The van der Waals surface area contributed by atoms with Crippen LogP contribution in [0.3, 0.4) is 0 Å². The predicted octanol–water partition coefficient (Wildman–Crippen LogP) is 4.70. The Balaban J connectivity index is 1.60. The third kappa shape index (κ3) is 6.54. The van der Waals surface area contributed by atoms with Crippen LogP contribution in [0.25, 0.3) is 0 Å². The van der Waals surface area contributed by atoms with Crippen molar-refractivity contribution in [1.29, 1.82) is 0 Å². The second-order valence-electron chi connectivity index (χ2n) is 6.71. The summed E-state index contributed by atoms with van der Waals surface area (Å²) < 4.78 is 41.0. The Morgan fingerprint density at radius 2 is 1.44 bits per heavy atom. The second-order valence-corrected chi connectivity index (χ2v) is 8.38. The zero-order chi connectivity index (χ0) is 19.2. The summed E-state index contributed by atoms with van der Waals surface area (Å²) in [5, 5.41) is 0. The lowest BCUT2D eigenvalue weighted by Crippen LogP contribution is -2.24. The van der Waals surface area contributed by atoms with Crippen molar-refractivity contribution in [3.63, 3.8) is 0 Å². The van der Waals surface area contributed by atoms with Gasteiger partial charge in [-0.2, -0.15) is 0 Å². The number of ether oxygens (including phenoxy) is 2. The lowest BCUT2D eigenvalue weighted by molar-refractivity contribution is -0.142. The largest absolute Gasteiger partial charge is 0.475 e. The molecule has 1 aliphatic heterocycles. The molecule has 7 heteroatoms. The van der Waals surface area contributed by atoms with Crippen LogP contribution >= 0.6 is 7.82 Å². The number of benzene rings is 2. The van der Waals surface area contributed by atoms with E-state index in [1.54, 1.807) is 0 Å². The summed E-state index contributed by atoms with van der Waals surface area (Å²) in [7, 11) is -3.78. The Morgan fingerprint density at radius 1 is 0.926 bits per heavy atom. The molecule has 0 aromatic heterocycles. The predicted molar refractivity (Wildman–Crippen MR) is 101 cm³/mol. The van der Waals surface area contributed by atoms with Crippen LogP contribution in [-0.2, 0) is 40.8 Å². The fourth-order valence-corrected chi connectivity index (χ4v) is 3.77. The van der Waals surface area contributed by atoms with Gasteiger partial charge >= 0.3 is 7.82 Å². The summed E-state index contributed by atoms with van der Waals surface area (Å²) in [6.07, 6.45) is -0.325. The minimum atomic E-state index is -3.78. The maximum absolute atomic E-state index is 13.1. The molecule has 0 spiro atoms. The molecule has 0 N–H and O–H groups in total. The molecule has 6 nitrogen and oxygen atoms in total. The van der Waals surface area contributed by atoms with Crippen LogP contribution in [0.1, 0.15) is 25.0 Å². The molecule has 1 fully saturated rings. The molecule has 1 saturated heterocycles. The first-order valence-electron chi connectivity index (χ1n) is 8.87. The van der Waals surface area contributed by atoms with Crippen LogP contribution in [0.5, 0.6) is 0 Å². The van der Waals surface area contributed by atoms with Gasteiger partial charge in [0.15, 0.2) is 5.79 Å². The van der Waals surface area contributed by atoms with E-state index >= 15 is 0 Å². The van der Waals surface area contributed by atoms with E-state index in [0.29, 0.717) is 6.61 Å². The van der Waals surface area contributed by atoms with Gasteiger partial charge < -0.3 is 9.47 Å². The molecular formula is C20H25O6P. The summed E-state index contributed by atoms with van der Waals surface area (Å²) in [6.45, 7) is 4.32. The highest BCUT2D eigenvalue weighted by Gasteiger charge is 2.36. The number of hydrogen-bond acceptors (Lipinski definition) is 6. The van der Waals surface area contributed by atoms with Crippen LogP contribution in [0.2, 0.25) is 0 Å². The maximum atomic E-state index is 13.1. The van der Waals surface area contributed by atoms with Gasteiger partial charge in [0.25, 0.3) is 0 Å². The van der Waals surface area contributed by atoms with Crippen molar-refractivity contribution in [2.75, 3.05) is 13.2 Å². The van der Waals surface area contributed by atoms with Gasteiger partial charge in [-0.25, -0.2) is 4.57 Å². The van der Waals surface area contributed by atoms with Crippen molar-refractivity contribution >= 4 is 7.82 Å². The molecule has 3 rings (SSSR count). The summed E-state index contributed by atoms with van der Waals surface area (Å²) in [4.78, 5) is 0. The topological polar surface area (TPSA) is 63.2 Å². The average molecular weight is 392 g/mol. The van der Waals surface area contributed by atoms with Gasteiger partial charge in [0, 0.05) is 0 Å². The standard InChI is InChI=1S/C20H25O6P/c1-20(2)22-15-19(26-20)16-25-27(21,23-13-17-9-5-3-6-10-17)24-14-18-11-7-4-8-12-18/h3-12,19H,13-16H2,1-2H3/t19-/m1/s1. The molecule has 1 atom stereocenters. The zero-order valence-corrected chi connectivity index (χ0v) is 16.5. The Bertz CT molecular complexity index is 702. The molecule has 146 valence electrons. The van der Waals surface area contributed by atoms with E-state index in [-0.39, 0.29) is 25.9 Å². The number of phosphoric acid groups is 1. The van der Waals surface area contributed by atoms with Crippen LogP contribution in [-0.4, -0.2) is 25.1 Å². The van der Waals surface area contributed by atoms with Gasteiger partial charge in [0.1, 0.15) is 6.10 Å². The van der Waals surface area contributed by atoms with Crippen LogP contribution < -0.4 is 0 Å². The number of phosphoric ester groups is 1. The smallest absolute Gasteiger partial charge is 0.348 e. The summed E-state index contributed by atoms with van der Waals surface area (Å²) >= 11 is 0. The number of hydrogen-bond donors (Lipinski definition) is 0. The van der Waals surface area contributed by atoms with Crippen molar-refractivity contribution in [3.05, 3.63) is 71.8 Å². The van der Waals surface area contributed by atoms with Crippen molar-refractivity contribution in [3.8, 4) is 0 Å². The first kappa shape index (κ1) is 20.2. The molecule has 27 heavy (non-hydrogen) atoms. The lowest BCUT2D eigenvalue weighted by atomic mass is 10.2. The monoisotopic (exact) mass is 392 g/mol. The van der Waals surface area contributed by atoms with Gasteiger partial charge in [-0.1, -0.05) is 60.7 Å². The van der Waals surface area contributed by atoms with Crippen molar-refractivity contribution < 1.29 is 27.6 Å². The molecule has 0 radical (unpaired) electrons. The Kier molecular flexibility index (Phi) is 6.82. The third-order valence-electron chi connectivity index (χ3n) is 3.95. The van der Waals surface area contributed by atoms with E-state index in [1.807, 2.05) is 74.5 Å². The summed E-state index contributed by atoms with van der Waals surface area (Å²) in [6, 6.07) is 18.9. The molecule has 2 aromatic carbocycles. The van der Waals surface area contributed by atoms with Gasteiger partial charge in [-0.3, -0.25) is 13.6 Å². The molecule has 0 bridgehead atoms. The van der Waals surface area contributed by atoms with Crippen LogP contribution in [0.4, 0.5) is 0 Å².